The molecule has 3 aromatic rings. The second-order valence-corrected chi connectivity index (χ2v) is 11.6. The third-order valence-electron chi connectivity index (χ3n) is 8.74. The van der Waals surface area contributed by atoms with Gasteiger partial charge in [0.05, 0.1) is 11.8 Å². The normalized spacial score (nSPS) is 24.1. The third-order valence-corrected chi connectivity index (χ3v) is 8.74. The molecule has 7 rings (SSSR count). The fourth-order valence-corrected chi connectivity index (χ4v) is 6.54. The molecule has 1 saturated heterocycles. The molecule has 1 saturated carbocycles. The molecule has 0 radical (unpaired) electrons. The van der Waals surface area contributed by atoms with E-state index < -0.39 is 88.8 Å². The molecule has 0 aromatic heterocycles. The van der Waals surface area contributed by atoms with Crippen LogP contribution in [0.3, 0.4) is 0 Å². The third kappa shape index (κ3) is 4.93. The van der Waals surface area contributed by atoms with Crippen LogP contribution in [-0.2, 0) is 14.4 Å². The van der Waals surface area contributed by atoms with Crippen LogP contribution in [0.1, 0.15) is 36.4 Å². The number of fused-ring (bicyclic) bond motifs is 2. The summed E-state index contributed by atoms with van der Waals surface area (Å²) in [5.74, 6) is -16.8. The van der Waals surface area contributed by atoms with Gasteiger partial charge in [-0.25, -0.2) is 40.6 Å². The van der Waals surface area contributed by atoms with Gasteiger partial charge in [-0.05, 0) is 66.3 Å². The summed E-state index contributed by atoms with van der Waals surface area (Å²) in [7, 11) is 0. The van der Waals surface area contributed by atoms with E-state index in [1.165, 1.54) is 36.4 Å². The van der Waals surface area contributed by atoms with Crippen molar-refractivity contribution in [3.63, 3.8) is 0 Å². The summed E-state index contributed by atoms with van der Waals surface area (Å²) in [6.45, 7) is -0.729. The van der Waals surface area contributed by atoms with E-state index in [1.807, 2.05) is 6.08 Å². The summed E-state index contributed by atoms with van der Waals surface area (Å²) >= 11 is 0. The Morgan fingerprint density at radius 1 is 0.792 bits per heavy atom. The quantitative estimate of drug-likeness (QED) is 0.149. The lowest BCUT2D eigenvalue weighted by molar-refractivity contribution is -0.136. The van der Waals surface area contributed by atoms with Gasteiger partial charge in [0.2, 0.25) is 5.82 Å². The highest BCUT2D eigenvalue weighted by molar-refractivity contribution is 6.25. The van der Waals surface area contributed by atoms with Gasteiger partial charge in [-0.2, -0.15) is 10.2 Å². The highest BCUT2D eigenvalue weighted by Crippen LogP contribution is 2.45. The summed E-state index contributed by atoms with van der Waals surface area (Å²) in [6, 6.07) is 7.06. The standard InChI is InChI=1S/C32H21F7N6O3/c33-17-8-4-14(5-9-17)12-16-2-1-3-19-26(16)41-45(28(19)15-6-10-18(34)11-7-15)20(46)13-43-30-27(40-42-43)31(47)44(32(30)48)29-24(38)22(36)21(35)23(37)25(29)39/h4-12,19,27-28,30H,1-3,13H2. The zero-order valence-electron chi connectivity index (χ0n) is 24.4. The van der Waals surface area contributed by atoms with Gasteiger partial charge in [-0.15, -0.1) is 0 Å². The van der Waals surface area contributed by atoms with E-state index in [0.717, 1.165) is 15.6 Å². The van der Waals surface area contributed by atoms with E-state index in [4.69, 9.17) is 0 Å². The average Bonchev–Trinajstić information content (AvgIpc) is 3.74. The van der Waals surface area contributed by atoms with E-state index in [1.54, 1.807) is 12.1 Å². The predicted molar refractivity (Wildman–Crippen MR) is 153 cm³/mol. The molecule has 48 heavy (non-hydrogen) atoms. The van der Waals surface area contributed by atoms with Crippen LogP contribution in [0.4, 0.5) is 36.4 Å². The van der Waals surface area contributed by atoms with Gasteiger partial charge in [-0.1, -0.05) is 29.5 Å². The molecule has 246 valence electrons. The number of benzene rings is 3. The number of carbonyl (C=O) groups is 3. The number of nitrogens with zero attached hydrogens (tertiary/aromatic N) is 6. The Balaban J connectivity index is 1.20. The van der Waals surface area contributed by atoms with Crippen LogP contribution < -0.4 is 4.90 Å². The number of hydrazone groups is 1. The lowest BCUT2D eigenvalue weighted by Crippen LogP contribution is -2.45. The molecule has 16 heteroatoms. The second-order valence-electron chi connectivity index (χ2n) is 11.6. The number of hydrogen-bond acceptors (Lipinski definition) is 7. The van der Waals surface area contributed by atoms with Gasteiger partial charge in [-0.3, -0.25) is 19.4 Å². The Bertz CT molecular complexity index is 1940. The van der Waals surface area contributed by atoms with Crippen LogP contribution in [0.5, 0.6) is 0 Å². The Morgan fingerprint density at radius 2 is 1.40 bits per heavy atom. The molecular weight excluding hydrogens is 649 g/mol. The summed E-state index contributed by atoms with van der Waals surface area (Å²) < 4.78 is 98.1. The fourth-order valence-electron chi connectivity index (χ4n) is 6.54. The first-order valence-corrected chi connectivity index (χ1v) is 14.7. The maximum atomic E-state index is 14.6. The van der Waals surface area contributed by atoms with Crippen LogP contribution in [0, 0.1) is 46.6 Å². The smallest absolute Gasteiger partial charge is 0.264 e. The van der Waals surface area contributed by atoms with Crippen LogP contribution in [0.15, 0.2) is 69.5 Å². The number of anilines is 1. The van der Waals surface area contributed by atoms with Gasteiger partial charge in [0.25, 0.3) is 17.7 Å². The first-order valence-electron chi connectivity index (χ1n) is 14.7. The minimum absolute atomic E-state index is 0.181. The van der Waals surface area contributed by atoms with Crippen molar-refractivity contribution >= 4 is 35.2 Å². The van der Waals surface area contributed by atoms with Crippen molar-refractivity contribution in [1.82, 2.24) is 10.0 Å². The number of amides is 3. The monoisotopic (exact) mass is 670 g/mol. The number of allylic oxidation sites excluding steroid dienone is 1. The molecule has 4 unspecified atom stereocenters. The van der Waals surface area contributed by atoms with Crippen LogP contribution >= 0.6 is 0 Å². The maximum Gasteiger partial charge on any atom is 0.264 e. The van der Waals surface area contributed by atoms with Crippen molar-refractivity contribution in [3.05, 3.63) is 106 Å². The lowest BCUT2D eigenvalue weighted by Gasteiger charge is -2.30. The zero-order valence-corrected chi connectivity index (χ0v) is 24.4. The second kappa shape index (κ2) is 11.7. The minimum Gasteiger partial charge on any atom is -0.271 e. The zero-order chi connectivity index (χ0) is 34.0. The van der Waals surface area contributed by atoms with Gasteiger partial charge < -0.3 is 0 Å². The number of halogens is 7. The molecular formula is C32H21F7N6O3. The Morgan fingerprint density at radius 3 is 2.04 bits per heavy atom. The molecule has 3 heterocycles. The van der Waals surface area contributed by atoms with Crippen LogP contribution in [0.2, 0.25) is 0 Å². The Hall–Kier alpha value is -5.41. The largest absolute Gasteiger partial charge is 0.271 e. The molecule has 4 atom stereocenters. The molecule has 3 aromatic carbocycles. The van der Waals surface area contributed by atoms with Crippen LogP contribution in [0.25, 0.3) is 6.08 Å². The average molecular weight is 671 g/mol. The maximum absolute atomic E-state index is 14.6. The van der Waals surface area contributed by atoms with Crippen molar-refractivity contribution < 1.29 is 45.1 Å². The molecule has 0 spiro atoms. The van der Waals surface area contributed by atoms with E-state index in [2.05, 4.69) is 15.4 Å². The van der Waals surface area contributed by atoms with Crippen molar-refractivity contribution in [2.24, 2.45) is 21.4 Å². The highest BCUT2D eigenvalue weighted by Gasteiger charge is 2.57. The first-order chi connectivity index (χ1) is 23.0. The highest BCUT2D eigenvalue weighted by atomic mass is 19.2. The van der Waals surface area contributed by atoms with Crippen molar-refractivity contribution in [2.45, 2.75) is 37.4 Å². The van der Waals surface area contributed by atoms with Crippen LogP contribution in [-0.4, -0.2) is 52.1 Å². The Labute approximate surface area is 266 Å². The summed E-state index contributed by atoms with van der Waals surface area (Å²) in [6.07, 6.45) is 3.74. The van der Waals surface area contributed by atoms with Gasteiger partial charge in [0, 0.05) is 5.92 Å². The van der Waals surface area contributed by atoms with Crippen molar-refractivity contribution in [2.75, 3.05) is 11.4 Å². The number of rotatable bonds is 5. The van der Waals surface area contributed by atoms with Crippen molar-refractivity contribution in [1.29, 1.82) is 0 Å². The summed E-state index contributed by atoms with van der Waals surface area (Å²) in [5.41, 5.74) is 0.838. The topological polar surface area (TPSA) is 98.0 Å². The lowest BCUT2D eigenvalue weighted by atomic mass is 9.77. The van der Waals surface area contributed by atoms with E-state index >= 15 is 0 Å². The van der Waals surface area contributed by atoms with E-state index in [9.17, 15) is 45.1 Å². The minimum atomic E-state index is -2.47. The number of hydrogen-bond donors (Lipinski definition) is 0. The van der Waals surface area contributed by atoms with Crippen molar-refractivity contribution in [3.8, 4) is 0 Å². The van der Waals surface area contributed by atoms with Gasteiger partial charge in [0.15, 0.2) is 35.4 Å². The molecule has 3 aliphatic heterocycles. The van der Waals surface area contributed by atoms with Gasteiger partial charge in [0.1, 0.15) is 23.9 Å². The van der Waals surface area contributed by atoms with Gasteiger partial charge >= 0.3 is 0 Å². The summed E-state index contributed by atoms with van der Waals surface area (Å²) in [5, 5.41) is 14.0. The first kappa shape index (κ1) is 31.2. The molecule has 2 fully saturated rings. The summed E-state index contributed by atoms with van der Waals surface area (Å²) in [4.78, 5) is 40.1. The predicted octanol–water partition coefficient (Wildman–Crippen LogP) is 5.78. The molecule has 9 nitrogen and oxygen atoms in total. The Kier molecular flexibility index (Phi) is 7.59. The number of imide groups is 1. The molecule has 1 aliphatic carbocycles. The van der Waals surface area contributed by atoms with E-state index in [0.29, 0.717) is 36.1 Å². The SMILES string of the molecule is O=C1C2N=NN(CC(=O)N3N=C4C(=Cc5ccc(F)cc5)CCCC4C3c3ccc(F)cc3)C2C(=O)N1c1c(F)c(F)c(F)c(F)c1F. The number of carbonyl (C=O) groups excluding carboxylic acids is 3. The molecule has 4 aliphatic rings. The molecule has 0 N–H and O–H groups in total. The van der Waals surface area contributed by atoms with E-state index in [-0.39, 0.29) is 10.8 Å². The fraction of sp³-hybridized carbons (Fsp3) is 0.250. The molecule has 3 amide bonds. The molecule has 0 bridgehead atoms.